The first-order chi connectivity index (χ1) is 22.3. The van der Waals surface area contributed by atoms with Crippen LogP contribution in [0.5, 0.6) is 0 Å². The summed E-state index contributed by atoms with van der Waals surface area (Å²) in [4.78, 5) is 9.72. The highest BCUT2D eigenvalue weighted by atomic mass is 15.2. The molecule has 0 fully saturated rings. The van der Waals surface area contributed by atoms with Crippen LogP contribution in [-0.4, -0.2) is 24.7 Å². The normalized spacial score (nSPS) is 12.0. The maximum Gasteiger partial charge on any atom is 0.188 e. The van der Waals surface area contributed by atoms with Crippen LogP contribution in [0.4, 0.5) is 0 Å². The van der Waals surface area contributed by atoms with Crippen molar-refractivity contribution >= 4 is 75.9 Å². The molecule has 0 aliphatic carbocycles. The van der Waals surface area contributed by atoms with Gasteiger partial charge >= 0.3 is 0 Å². The van der Waals surface area contributed by atoms with Crippen molar-refractivity contribution in [2.75, 3.05) is 0 Å². The highest BCUT2D eigenvalue weighted by molar-refractivity contribution is 6.26. The fourth-order valence-electron chi connectivity index (χ4n) is 7.15. The van der Waals surface area contributed by atoms with Gasteiger partial charge in [-0.3, -0.25) is 9.55 Å². The summed E-state index contributed by atoms with van der Waals surface area (Å²) in [6, 6.07) is 45.2. The van der Waals surface area contributed by atoms with Crippen molar-refractivity contribution in [2.24, 2.45) is 0 Å². The molecule has 45 heavy (non-hydrogen) atoms. The van der Waals surface area contributed by atoms with Gasteiger partial charge in [0, 0.05) is 28.7 Å². The number of hydrogen-bond donors (Lipinski definition) is 0. The van der Waals surface area contributed by atoms with E-state index >= 15 is 0 Å². The van der Waals surface area contributed by atoms with Crippen molar-refractivity contribution in [2.45, 2.75) is 0 Å². The van der Waals surface area contributed by atoms with Gasteiger partial charge in [-0.1, -0.05) is 103 Å². The number of rotatable bonds is 2. The highest BCUT2D eigenvalue weighted by Gasteiger charge is 2.20. The Kier molecular flexibility index (Phi) is 4.93. The summed E-state index contributed by atoms with van der Waals surface area (Å²) in [5.41, 5.74) is 5.22. The fraction of sp³-hybridized carbons (Fsp3) is 0. The molecular weight excluding hydrogens is 550 g/mol. The van der Waals surface area contributed by atoms with E-state index in [1.165, 1.54) is 48.5 Å². The fourth-order valence-corrected chi connectivity index (χ4v) is 7.15. The molecule has 10 rings (SSSR count). The second-order valence-corrected chi connectivity index (χ2v) is 11.5. The van der Waals surface area contributed by atoms with Crippen molar-refractivity contribution in [3.63, 3.8) is 0 Å². The topological polar surface area (TPSA) is 56.5 Å². The molecule has 0 aliphatic heterocycles. The van der Waals surface area contributed by atoms with E-state index in [0.717, 1.165) is 27.5 Å². The molecule has 0 spiro atoms. The standard InChI is InChI=1S/C40H23N5/c1-2-10-25-23-36-34(21-24(25)9-1)32-15-7-8-16-35(32)45(36)40-39-38(41-19-20-42-39)37(43-44-40)26-17-18-31-29-13-4-3-11-27(29)28-12-5-6-14-30(28)33(31)22-26/h1-23H. The van der Waals surface area contributed by atoms with Gasteiger partial charge in [-0.25, -0.2) is 4.98 Å². The summed E-state index contributed by atoms with van der Waals surface area (Å²) in [7, 11) is 0. The van der Waals surface area contributed by atoms with Crippen molar-refractivity contribution in [3.05, 3.63) is 140 Å². The molecule has 208 valence electrons. The number of fused-ring (bicyclic) bond motifs is 11. The molecule has 7 aromatic carbocycles. The van der Waals surface area contributed by atoms with E-state index in [4.69, 9.17) is 20.2 Å². The second kappa shape index (κ2) is 9.15. The lowest BCUT2D eigenvalue weighted by Gasteiger charge is -2.13. The van der Waals surface area contributed by atoms with Crippen LogP contribution < -0.4 is 0 Å². The lowest BCUT2D eigenvalue weighted by atomic mass is 9.93. The zero-order valence-electron chi connectivity index (χ0n) is 24.0. The predicted octanol–water partition coefficient (Wildman–Crippen LogP) is 9.80. The van der Waals surface area contributed by atoms with Gasteiger partial charge in [-0.05, 0) is 67.4 Å². The Morgan fingerprint density at radius 3 is 1.71 bits per heavy atom. The first-order valence-electron chi connectivity index (χ1n) is 15.1. The molecule has 0 atom stereocenters. The lowest BCUT2D eigenvalue weighted by molar-refractivity contribution is 0.965. The van der Waals surface area contributed by atoms with Crippen LogP contribution in [0.1, 0.15) is 0 Å². The number of aromatic nitrogens is 5. The average Bonchev–Trinajstić information content (AvgIpc) is 3.43. The summed E-state index contributed by atoms with van der Waals surface area (Å²) in [6.07, 6.45) is 3.47. The Balaban J connectivity index is 1.26. The van der Waals surface area contributed by atoms with Crippen LogP contribution in [0.3, 0.4) is 0 Å². The Labute approximate surface area is 257 Å². The second-order valence-electron chi connectivity index (χ2n) is 11.5. The van der Waals surface area contributed by atoms with E-state index in [1.807, 2.05) is 0 Å². The van der Waals surface area contributed by atoms with Gasteiger partial charge in [-0.15, -0.1) is 10.2 Å². The van der Waals surface area contributed by atoms with Crippen molar-refractivity contribution in [1.29, 1.82) is 0 Å². The van der Waals surface area contributed by atoms with E-state index in [1.54, 1.807) is 12.4 Å². The zero-order chi connectivity index (χ0) is 29.5. The lowest BCUT2D eigenvalue weighted by Crippen LogP contribution is -2.04. The minimum Gasteiger partial charge on any atom is -0.290 e. The van der Waals surface area contributed by atoms with Crippen molar-refractivity contribution < 1.29 is 0 Å². The van der Waals surface area contributed by atoms with Crippen LogP contribution in [0, 0.1) is 0 Å². The first kappa shape index (κ1) is 24.3. The van der Waals surface area contributed by atoms with Crippen LogP contribution in [0.2, 0.25) is 0 Å². The molecule has 0 amide bonds. The Morgan fingerprint density at radius 1 is 0.400 bits per heavy atom. The van der Waals surface area contributed by atoms with E-state index in [0.29, 0.717) is 17.0 Å². The number of benzene rings is 7. The first-order valence-corrected chi connectivity index (χ1v) is 15.1. The average molecular weight is 574 g/mol. The third-order valence-electron chi connectivity index (χ3n) is 9.15. The molecule has 5 heteroatoms. The van der Waals surface area contributed by atoms with Crippen LogP contribution >= 0.6 is 0 Å². The molecular formula is C40H23N5. The van der Waals surface area contributed by atoms with E-state index in [-0.39, 0.29) is 0 Å². The quantitative estimate of drug-likeness (QED) is 0.193. The van der Waals surface area contributed by atoms with Gasteiger partial charge in [-0.2, -0.15) is 0 Å². The van der Waals surface area contributed by atoms with Gasteiger partial charge in [0.2, 0.25) is 0 Å². The summed E-state index contributed by atoms with van der Waals surface area (Å²) >= 11 is 0. The largest absolute Gasteiger partial charge is 0.290 e. The number of hydrogen-bond acceptors (Lipinski definition) is 4. The van der Waals surface area contributed by atoms with E-state index < -0.39 is 0 Å². The third kappa shape index (κ3) is 3.43. The molecule has 0 saturated carbocycles. The minimum absolute atomic E-state index is 0.667. The molecule has 10 aromatic rings. The Morgan fingerprint density at radius 2 is 0.978 bits per heavy atom. The molecule has 5 nitrogen and oxygen atoms in total. The third-order valence-corrected chi connectivity index (χ3v) is 9.15. The summed E-state index contributed by atoms with van der Waals surface area (Å²) in [5.74, 6) is 0.667. The van der Waals surface area contributed by atoms with Gasteiger partial charge < -0.3 is 0 Å². The van der Waals surface area contributed by atoms with Crippen LogP contribution in [-0.2, 0) is 0 Å². The van der Waals surface area contributed by atoms with E-state index in [2.05, 4.69) is 132 Å². The van der Waals surface area contributed by atoms with Gasteiger partial charge in [0.1, 0.15) is 16.7 Å². The number of nitrogens with zero attached hydrogens (tertiary/aromatic N) is 5. The summed E-state index contributed by atoms with van der Waals surface area (Å²) in [6.45, 7) is 0. The maximum absolute atomic E-state index is 4.91. The van der Waals surface area contributed by atoms with E-state index in [9.17, 15) is 0 Å². The molecule has 0 unspecified atom stereocenters. The summed E-state index contributed by atoms with van der Waals surface area (Å²) < 4.78 is 2.19. The van der Waals surface area contributed by atoms with Crippen LogP contribution in [0.15, 0.2) is 140 Å². The molecule has 0 saturated heterocycles. The maximum atomic E-state index is 4.91. The van der Waals surface area contributed by atoms with Crippen LogP contribution in [0.25, 0.3) is 93.0 Å². The Hall–Kier alpha value is -6.20. The molecule has 0 radical (unpaired) electrons. The predicted molar refractivity (Wildman–Crippen MR) is 185 cm³/mol. The zero-order valence-corrected chi connectivity index (χ0v) is 24.0. The molecule has 3 heterocycles. The Bertz CT molecular complexity index is 2800. The van der Waals surface area contributed by atoms with Gasteiger partial charge in [0.05, 0.1) is 11.0 Å². The van der Waals surface area contributed by atoms with Gasteiger partial charge in [0.15, 0.2) is 5.82 Å². The smallest absolute Gasteiger partial charge is 0.188 e. The molecule has 0 aliphatic rings. The molecule has 0 N–H and O–H groups in total. The summed E-state index contributed by atoms with van der Waals surface area (Å²) in [5, 5.41) is 21.8. The van der Waals surface area contributed by atoms with Crippen molar-refractivity contribution in [1.82, 2.24) is 24.7 Å². The monoisotopic (exact) mass is 573 g/mol. The van der Waals surface area contributed by atoms with Gasteiger partial charge in [0.25, 0.3) is 0 Å². The number of para-hydroxylation sites is 1. The highest BCUT2D eigenvalue weighted by Crippen LogP contribution is 2.39. The minimum atomic E-state index is 0.667. The van der Waals surface area contributed by atoms with Crippen molar-refractivity contribution in [3.8, 4) is 17.1 Å². The molecule has 3 aromatic heterocycles. The molecule has 0 bridgehead atoms. The SMILES string of the molecule is c1ccc2cc3c(cc2c1)c1ccccc1n3-c1nnc(-c2ccc3c4ccccc4c4ccccc4c3c2)c2nccnc12.